The molecule has 0 radical (unpaired) electrons. The van der Waals surface area contributed by atoms with E-state index < -0.39 is 0 Å². The Hall–Kier alpha value is -2.30. The summed E-state index contributed by atoms with van der Waals surface area (Å²) in [7, 11) is 2.02. The third-order valence-corrected chi connectivity index (χ3v) is 3.10. The Labute approximate surface area is 126 Å². The highest BCUT2D eigenvalue weighted by molar-refractivity contribution is 5.79. The summed E-state index contributed by atoms with van der Waals surface area (Å²) in [5.41, 5.74) is 2.18. The van der Waals surface area contributed by atoms with Crippen LogP contribution in [0.5, 0.6) is 0 Å². The van der Waals surface area contributed by atoms with Gasteiger partial charge in [-0.05, 0) is 19.4 Å². The molecule has 112 valence electrons. The van der Waals surface area contributed by atoms with Crippen LogP contribution in [-0.2, 0) is 6.54 Å². The van der Waals surface area contributed by atoms with E-state index in [4.69, 9.17) is 0 Å². The smallest absolute Gasteiger partial charge is 0.194 e. The Balaban J connectivity index is 2.07. The van der Waals surface area contributed by atoms with E-state index in [1.807, 2.05) is 38.4 Å². The second-order valence-corrected chi connectivity index (χ2v) is 4.79. The second kappa shape index (κ2) is 7.47. The van der Waals surface area contributed by atoms with Gasteiger partial charge in [-0.1, -0.05) is 30.3 Å². The van der Waals surface area contributed by atoms with Crippen LogP contribution >= 0.6 is 0 Å². The van der Waals surface area contributed by atoms with E-state index in [1.165, 1.54) is 0 Å². The maximum atomic E-state index is 4.46. The van der Waals surface area contributed by atoms with Crippen molar-refractivity contribution in [1.82, 2.24) is 20.2 Å². The predicted molar refractivity (Wildman–Crippen MR) is 87.1 cm³/mol. The summed E-state index contributed by atoms with van der Waals surface area (Å²) in [5, 5.41) is 3.28. The topological polar surface area (TPSA) is 56.3 Å². The van der Waals surface area contributed by atoms with Gasteiger partial charge in [0.25, 0.3) is 0 Å². The molecule has 0 saturated heterocycles. The minimum absolute atomic E-state index is 0.693. The zero-order valence-electron chi connectivity index (χ0n) is 12.9. The van der Waals surface area contributed by atoms with Gasteiger partial charge in [-0.15, -0.1) is 0 Å². The minimum Gasteiger partial charge on any atom is -0.357 e. The Morgan fingerprint density at radius 1 is 1.29 bits per heavy atom. The van der Waals surface area contributed by atoms with E-state index in [-0.39, 0.29) is 0 Å². The van der Waals surface area contributed by atoms with Crippen molar-refractivity contribution in [3.63, 3.8) is 0 Å². The summed E-state index contributed by atoms with van der Waals surface area (Å²) >= 11 is 0. The summed E-state index contributed by atoms with van der Waals surface area (Å²) in [4.78, 5) is 14.4. The van der Waals surface area contributed by atoms with Gasteiger partial charge in [-0.25, -0.2) is 4.98 Å². The number of imidazole rings is 1. The quantitative estimate of drug-likeness (QED) is 0.655. The van der Waals surface area contributed by atoms with Crippen LogP contribution in [0.1, 0.15) is 19.7 Å². The van der Waals surface area contributed by atoms with Gasteiger partial charge in [-0.3, -0.25) is 4.99 Å². The highest BCUT2D eigenvalue weighted by Crippen LogP contribution is 2.16. The van der Waals surface area contributed by atoms with Gasteiger partial charge in [0.05, 0.1) is 18.4 Å². The highest BCUT2D eigenvalue weighted by atomic mass is 15.3. The minimum atomic E-state index is 0.693. The van der Waals surface area contributed by atoms with Crippen molar-refractivity contribution in [3.05, 3.63) is 42.4 Å². The van der Waals surface area contributed by atoms with Gasteiger partial charge in [0, 0.05) is 20.1 Å². The molecule has 0 aliphatic carbocycles. The number of aromatic amines is 1. The normalized spacial score (nSPS) is 11.5. The first-order chi connectivity index (χ1) is 10.2. The van der Waals surface area contributed by atoms with Crippen LogP contribution in [0.2, 0.25) is 0 Å². The molecule has 0 unspecified atom stereocenters. The molecule has 21 heavy (non-hydrogen) atoms. The summed E-state index contributed by atoms with van der Waals surface area (Å²) in [6.45, 7) is 6.42. The van der Waals surface area contributed by atoms with Crippen molar-refractivity contribution < 1.29 is 0 Å². The molecule has 0 fully saturated rings. The highest BCUT2D eigenvalue weighted by Gasteiger charge is 2.09. The number of aliphatic imine (C=N–C) groups is 1. The molecule has 2 N–H and O–H groups in total. The number of nitrogens with zero attached hydrogens (tertiary/aromatic N) is 3. The molecule has 1 aromatic heterocycles. The van der Waals surface area contributed by atoms with Gasteiger partial charge in [-0.2, -0.15) is 0 Å². The Morgan fingerprint density at radius 3 is 2.71 bits per heavy atom. The van der Waals surface area contributed by atoms with E-state index in [2.05, 4.69) is 44.2 Å². The van der Waals surface area contributed by atoms with Gasteiger partial charge in [0.2, 0.25) is 0 Å². The number of H-pyrrole nitrogens is 1. The molecule has 1 aromatic carbocycles. The summed E-state index contributed by atoms with van der Waals surface area (Å²) in [6, 6.07) is 10.2. The van der Waals surface area contributed by atoms with Gasteiger partial charge in [0.1, 0.15) is 5.82 Å². The molecule has 5 nitrogen and oxygen atoms in total. The van der Waals surface area contributed by atoms with Crippen LogP contribution in [0.3, 0.4) is 0 Å². The molecule has 1 heterocycles. The van der Waals surface area contributed by atoms with Crippen LogP contribution in [0.15, 0.2) is 41.5 Å². The molecule has 0 aliphatic rings. The third-order valence-electron chi connectivity index (χ3n) is 3.10. The van der Waals surface area contributed by atoms with Crippen molar-refractivity contribution in [2.24, 2.45) is 4.99 Å². The first-order valence-corrected chi connectivity index (χ1v) is 7.33. The third kappa shape index (κ3) is 4.08. The van der Waals surface area contributed by atoms with E-state index in [1.54, 1.807) is 0 Å². The SMILES string of the molecule is CCN=C(NCC)N(C)Cc1ncc(-c2ccccc2)[nH]1. The number of guanidine groups is 1. The van der Waals surface area contributed by atoms with E-state index in [9.17, 15) is 0 Å². The lowest BCUT2D eigenvalue weighted by molar-refractivity contribution is 0.464. The molecule has 0 aliphatic heterocycles. The van der Waals surface area contributed by atoms with Gasteiger partial charge < -0.3 is 15.2 Å². The zero-order chi connectivity index (χ0) is 15.1. The fraction of sp³-hybridized carbons (Fsp3) is 0.375. The first-order valence-electron chi connectivity index (χ1n) is 7.33. The summed E-state index contributed by atoms with van der Waals surface area (Å²) < 4.78 is 0. The average molecular weight is 285 g/mol. The van der Waals surface area contributed by atoms with E-state index in [0.717, 1.165) is 36.1 Å². The molecule has 0 saturated carbocycles. The van der Waals surface area contributed by atoms with Crippen LogP contribution in [-0.4, -0.2) is 41.0 Å². The fourth-order valence-electron chi connectivity index (χ4n) is 2.13. The van der Waals surface area contributed by atoms with Crippen molar-refractivity contribution in [3.8, 4) is 11.3 Å². The monoisotopic (exact) mass is 285 g/mol. The molecule has 0 bridgehead atoms. The van der Waals surface area contributed by atoms with Crippen molar-refractivity contribution >= 4 is 5.96 Å². The Kier molecular flexibility index (Phi) is 5.37. The van der Waals surface area contributed by atoms with Crippen molar-refractivity contribution in [2.75, 3.05) is 20.1 Å². The number of hydrogen-bond donors (Lipinski definition) is 2. The lowest BCUT2D eigenvalue weighted by Gasteiger charge is -2.20. The van der Waals surface area contributed by atoms with Crippen LogP contribution in [0.25, 0.3) is 11.3 Å². The van der Waals surface area contributed by atoms with Crippen LogP contribution in [0, 0.1) is 0 Å². The lowest BCUT2D eigenvalue weighted by atomic mass is 10.2. The largest absolute Gasteiger partial charge is 0.357 e. The predicted octanol–water partition coefficient (Wildman–Crippen LogP) is 2.49. The van der Waals surface area contributed by atoms with E-state index in [0.29, 0.717) is 6.54 Å². The second-order valence-electron chi connectivity index (χ2n) is 4.79. The molecule has 0 spiro atoms. The van der Waals surface area contributed by atoms with Crippen LogP contribution < -0.4 is 5.32 Å². The van der Waals surface area contributed by atoms with Crippen molar-refractivity contribution in [2.45, 2.75) is 20.4 Å². The number of aromatic nitrogens is 2. The molecule has 0 amide bonds. The molecule has 5 heteroatoms. The molecule has 2 rings (SSSR count). The first kappa shape index (κ1) is 15.1. The number of nitrogens with one attached hydrogen (secondary N) is 2. The van der Waals surface area contributed by atoms with Crippen molar-refractivity contribution in [1.29, 1.82) is 0 Å². The van der Waals surface area contributed by atoms with Gasteiger partial charge >= 0.3 is 0 Å². The molecule has 0 atom stereocenters. The van der Waals surface area contributed by atoms with Crippen LogP contribution in [0.4, 0.5) is 0 Å². The Morgan fingerprint density at radius 2 is 2.05 bits per heavy atom. The zero-order valence-corrected chi connectivity index (χ0v) is 12.9. The molecular weight excluding hydrogens is 262 g/mol. The molecule has 2 aromatic rings. The van der Waals surface area contributed by atoms with Gasteiger partial charge in [0.15, 0.2) is 5.96 Å². The van der Waals surface area contributed by atoms with E-state index >= 15 is 0 Å². The number of rotatable bonds is 5. The number of benzene rings is 1. The summed E-state index contributed by atoms with van der Waals surface area (Å²) in [6.07, 6.45) is 1.88. The Bertz CT molecular complexity index is 573. The fourth-order valence-corrected chi connectivity index (χ4v) is 2.13. The standard InChI is InChI=1S/C16H23N5/c1-4-17-16(18-5-2)21(3)12-15-19-11-14(20-15)13-9-7-6-8-10-13/h6-11H,4-5,12H2,1-3H3,(H,17,18)(H,19,20). The average Bonchev–Trinajstić information content (AvgIpc) is 2.96. The summed E-state index contributed by atoms with van der Waals surface area (Å²) in [5.74, 6) is 1.83. The maximum absolute atomic E-state index is 4.46. The maximum Gasteiger partial charge on any atom is 0.194 e. The number of hydrogen-bond acceptors (Lipinski definition) is 2. The lowest BCUT2D eigenvalue weighted by Crippen LogP contribution is -2.38. The molecular formula is C16H23N5.